The Morgan fingerprint density at radius 1 is 1.12 bits per heavy atom. The highest BCUT2D eigenvalue weighted by Gasteiger charge is 2.42. The molecule has 3 aromatic rings. The van der Waals surface area contributed by atoms with E-state index in [4.69, 9.17) is 14.4 Å². The zero-order valence-corrected chi connectivity index (χ0v) is 18.7. The predicted octanol–water partition coefficient (Wildman–Crippen LogP) is 5.17. The lowest BCUT2D eigenvalue weighted by Gasteiger charge is -2.39. The monoisotopic (exact) mass is 463 g/mol. The van der Waals surface area contributed by atoms with Crippen LogP contribution in [0.3, 0.4) is 0 Å². The summed E-state index contributed by atoms with van der Waals surface area (Å²) in [5.41, 5.74) is 2.05. The van der Waals surface area contributed by atoms with Gasteiger partial charge in [-0.1, -0.05) is 17.3 Å². The van der Waals surface area contributed by atoms with Crippen LogP contribution in [0.5, 0.6) is 0 Å². The highest BCUT2D eigenvalue weighted by molar-refractivity contribution is 5.87. The molecule has 7 nitrogen and oxygen atoms in total. The summed E-state index contributed by atoms with van der Waals surface area (Å²) in [7, 11) is 0. The van der Waals surface area contributed by atoms with Crippen molar-refractivity contribution in [2.24, 2.45) is 0 Å². The van der Waals surface area contributed by atoms with E-state index in [1.165, 1.54) is 12.3 Å². The first-order valence-electron chi connectivity index (χ1n) is 11.9. The van der Waals surface area contributed by atoms with Crippen molar-refractivity contribution in [3.8, 4) is 11.3 Å². The summed E-state index contributed by atoms with van der Waals surface area (Å²) in [6, 6.07) is 10.7. The summed E-state index contributed by atoms with van der Waals surface area (Å²) in [6.07, 6.45) is 7.51. The molecule has 4 heterocycles. The number of pyridine rings is 1. The molecule has 1 aromatic carbocycles. The van der Waals surface area contributed by atoms with Gasteiger partial charge in [-0.15, -0.1) is 0 Å². The first kappa shape index (κ1) is 21.3. The Kier molecular flexibility index (Phi) is 5.32. The maximum Gasteiger partial charge on any atom is 0.337 e. The molecule has 6 rings (SSSR count). The van der Waals surface area contributed by atoms with Crippen molar-refractivity contribution in [3.63, 3.8) is 0 Å². The van der Waals surface area contributed by atoms with Crippen molar-refractivity contribution < 1.29 is 23.6 Å². The van der Waals surface area contributed by atoms with Crippen LogP contribution in [0.15, 0.2) is 47.1 Å². The van der Waals surface area contributed by atoms with Gasteiger partial charge in [0.05, 0.1) is 18.3 Å². The van der Waals surface area contributed by atoms with Gasteiger partial charge in [0.25, 0.3) is 0 Å². The van der Waals surface area contributed by atoms with Crippen LogP contribution in [-0.4, -0.2) is 39.4 Å². The maximum absolute atomic E-state index is 14.5. The van der Waals surface area contributed by atoms with Gasteiger partial charge in [0, 0.05) is 35.3 Å². The lowest BCUT2D eigenvalue weighted by Crippen LogP contribution is -2.46. The number of halogens is 1. The van der Waals surface area contributed by atoms with E-state index in [-0.39, 0.29) is 17.5 Å². The Morgan fingerprint density at radius 2 is 1.88 bits per heavy atom. The highest BCUT2D eigenvalue weighted by atomic mass is 19.1. The van der Waals surface area contributed by atoms with Crippen molar-refractivity contribution in [2.45, 2.75) is 69.2 Å². The molecule has 0 radical (unpaired) electrons. The summed E-state index contributed by atoms with van der Waals surface area (Å²) < 4.78 is 26.6. The van der Waals surface area contributed by atoms with Gasteiger partial charge in [-0.05, 0) is 62.8 Å². The van der Waals surface area contributed by atoms with Crippen LogP contribution in [0.25, 0.3) is 11.3 Å². The van der Waals surface area contributed by atoms with E-state index in [9.17, 15) is 9.18 Å². The second kappa shape index (κ2) is 8.51. The molecule has 176 valence electrons. The van der Waals surface area contributed by atoms with Gasteiger partial charge in [0.1, 0.15) is 23.1 Å². The summed E-state index contributed by atoms with van der Waals surface area (Å²) in [4.78, 5) is 17.9. The number of aromatic carboxylic acids is 1. The van der Waals surface area contributed by atoms with Crippen molar-refractivity contribution >= 4 is 11.8 Å². The normalized spacial score (nSPS) is 23.9. The van der Waals surface area contributed by atoms with Gasteiger partial charge < -0.3 is 19.3 Å². The number of fused-ring (bicyclic) bond motifs is 2. The first-order valence-corrected chi connectivity index (χ1v) is 11.9. The molecular weight excluding hydrogens is 437 g/mol. The van der Waals surface area contributed by atoms with Crippen molar-refractivity contribution in [3.05, 3.63) is 65.3 Å². The molecule has 0 unspecified atom stereocenters. The summed E-state index contributed by atoms with van der Waals surface area (Å²) >= 11 is 0. The number of benzene rings is 1. The van der Waals surface area contributed by atoms with Gasteiger partial charge in [-0.2, -0.15) is 0 Å². The molecule has 1 N–H and O–H groups in total. The molecule has 2 aromatic heterocycles. The Bertz CT molecular complexity index is 1190. The topological polar surface area (TPSA) is 88.7 Å². The summed E-state index contributed by atoms with van der Waals surface area (Å²) in [6.45, 7) is 0.356. The quantitative estimate of drug-likeness (QED) is 0.517. The minimum atomic E-state index is -0.969. The minimum Gasteiger partial charge on any atom is -0.478 e. The molecule has 2 aliphatic heterocycles. The lowest BCUT2D eigenvalue weighted by molar-refractivity contribution is 0.0146. The molecule has 3 fully saturated rings. The standard InChI is InChI=1S/C26H26FN3O4/c27-22-4-2-1-3-20(22)24-21(25(34-29-24)15-5-6-15)14-33-19-11-17-8-9-18(12-19)30(17)23-10-7-16(13-28-23)26(31)32/h1-4,7,10,13,15,17-19H,5-6,8-9,11-12,14H2,(H,31,32)/t17-,18-/m0/s1. The average Bonchev–Trinajstić information content (AvgIpc) is 3.55. The SMILES string of the molecule is O=C(O)c1ccc(N2[C@H]3CC[C@H]2CC(OCc2c(-c4ccccc4F)noc2C2CC2)C3)nc1. The van der Waals surface area contributed by atoms with Gasteiger partial charge in [-0.25, -0.2) is 14.2 Å². The molecule has 2 bridgehead atoms. The van der Waals surface area contributed by atoms with Crippen LogP contribution in [0.4, 0.5) is 10.2 Å². The highest BCUT2D eigenvalue weighted by Crippen LogP contribution is 2.45. The molecule has 34 heavy (non-hydrogen) atoms. The first-order chi connectivity index (χ1) is 16.6. The minimum absolute atomic E-state index is 0.0856. The third kappa shape index (κ3) is 3.86. The van der Waals surface area contributed by atoms with E-state index < -0.39 is 5.97 Å². The Balaban J connectivity index is 1.18. The number of anilines is 1. The predicted molar refractivity (Wildman–Crippen MR) is 122 cm³/mol. The van der Waals surface area contributed by atoms with Crippen molar-refractivity contribution in [1.29, 1.82) is 0 Å². The Hall–Kier alpha value is -3.26. The molecule has 2 saturated heterocycles. The van der Waals surface area contributed by atoms with Crippen LogP contribution in [0.2, 0.25) is 0 Å². The molecule has 8 heteroatoms. The maximum atomic E-state index is 14.5. The van der Waals surface area contributed by atoms with Crippen LogP contribution >= 0.6 is 0 Å². The van der Waals surface area contributed by atoms with Crippen LogP contribution in [0, 0.1) is 5.82 Å². The molecular formula is C26H26FN3O4. The zero-order valence-electron chi connectivity index (χ0n) is 18.7. The fraction of sp³-hybridized carbons (Fsp3) is 0.423. The number of carboxylic acids is 1. The lowest BCUT2D eigenvalue weighted by atomic mass is 9.99. The average molecular weight is 464 g/mol. The summed E-state index contributed by atoms with van der Waals surface area (Å²) in [5.74, 6) is 0.731. The van der Waals surface area contributed by atoms with E-state index in [0.717, 1.165) is 55.7 Å². The number of carbonyl (C=O) groups is 1. The van der Waals surface area contributed by atoms with Gasteiger partial charge in [-0.3, -0.25) is 0 Å². The van der Waals surface area contributed by atoms with Gasteiger partial charge in [0.15, 0.2) is 0 Å². The zero-order chi connectivity index (χ0) is 23.2. The molecule has 2 atom stereocenters. The fourth-order valence-corrected chi connectivity index (χ4v) is 5.50. The number of nitrogens with zero attached hydrogens (tertiary/aromatic N) is 3. The third-order valence-corrected chi connectivity index (χ3v) is 7.31. The molecule has 3 aliphatic rings. The summed E-state index contributed by atoms with van der Waals surface area (Å²) in [5, 5.41) is 13.4. The number of hydrogen-bond acceptors (Lipinski definition) is 6. The molecule has 0 spiro atoms. The van der Waals surface area contributed by atoms with E-state index in [1.807, 2.05) is 0 Å². The van der Waals surface area contributed by atoms with Crippen LogP contribution in [0.1, 0.15) is 66.1 Å². The largest absolute Gasteiger partial charge is 0.478 e. The Labute approximate surface area is 196 Å². The smallest absolute Gasteiger partial charge is 0.337 e. The Morgan fingerprint density at radius 3 is 2.53 bits per heavy atom. The number of piperidine rings is 1. The van der Waals surface area contributed by atoms with Gasteiger partial charge in [0.2, 0.25) is 0 Å². The number of ether oxygens (including phenoxy) is 1. The second-order valence-electron chi connectivity index (χ2n) is 9.54. The fourth-order valence-electron chi connectivity index (χ4n) is 5.50. The van der Waals surface area contributed by atoms with Crippen molar-refractivity contribution in [1.82, 2.24) is 10.1 Å². The van der Waals surface area contributed by atoms with Crippen LogP contribution in [-0.2, 0) is 11.3 Å². The third-order valence-electron chi connectivity index (χ3n) is 7.31. The van der Waals surface area contributed by atoms with E-state index in [0.29, 0.717) is 35.9 Å². The number of rotatable bonds is 7. The number of aromatic nitrogens is 2. The van der Waals surface area contributed by atoms with E-state index in [2.05, 4.69) is 15.0 Å². The second-order valence-corrected chi connectivity index (χ2v) is 9.54. The molecule has 1 saturated carbocycles. The van der Waals surface area contributed by atoms with E-state index in [1.54, 1.807) is 30.3 Å². The van der Waals surface area contributed by atoms with E-state index >= 15 is 0 Å². The van der Waals surface area contributed by atoms with Crippen molar-refractivity contribution in [2.75, 3.05) is 4.90 Å². The number of hydrogen-bond donors (Lipinski definition) is 1. The number of carboxylic acid groups (broad SMARTS) is 1. The molecule has 1 aliphatic carbocycles. The van der Waals surface area contributed by atoms with Gasteiger partial charge >= 0.3 is 5.97 Å². The van der Waals surface area contributed by atoms with Crippen LogP contribution < -0.4 is 4.90 Å². The molecule has 0 amide bonds.